The minimum absolute atomic E-state index is 0.0151. The molecule has 0 spiro atoms. The number of aliphatic hydroxyl groups is 1. The van der Waals surface area contributed by atoms with Crippen LogP contribution < -0.4 is 5.32 Å². The van der Waals surface area contributed by atoms with Crippen molar-refractivity contribution in [1.29, 1.82) is 0 Å². The first-order chi connectivity index (χ1) is 9.69. The monoisotopic (exact) mass is 333 g/mol. The highest BCUT2D eigenvalue weighted by molar-refractivity contribution is 9.10. The first kappa shape index (κ1) is 14.8. The molecule has 0 saturated heterocycles. The summed E-state index contributed by atoms with van der Waals surface area (Å²) >= 11 is 3.36. The second-order valence-electron chi connectivity index (χ2n) is 4.51. The molecule has 0 aliphatic rings. The maximum atomic E-state index is 11.9. The molecular formula is C16H16BrNO2. The fourth-order valence-electron chi connectivity index (χ4n) is 1.93. The highest BCUT2D eigenvalue weighted by Gasteiger charge is 2.05. The average Bonchev–Trinajstić information content (AvgIpc) is 2.48. The van der Waals surface area contributed by atoms with Gasteiger partial charge >= 0.3 is 0 Å². The Labute approximate surface area is 126 Å². The summed E-state index contributed by atoms with van der Waals surface area (Å²) < 4.78 is 0.999. The van der Waals surface area contributed by atoms with Gasteiger partial charge in [0.1, 0.15) is 0 Å². The van der Waals surface area contributed by atoms with Crippen molar-refractivity contribution in [1.82, 2.24) is 5.32 Å². The second kappa shape index (κ2) is 7.22. The number of amides is 1. The van der Waals surface area contributed by atoms with Crippen molar-refractivity contribution >= 4 is 21.8 Å². The van der Waals surface area contributed by atoms with Gasteiger partial charge in [-0.15, -0.1) is 0 Å². The van der Waals surface area contributed by atoms with Crippen LogP contribution in [0.5, 0.6) is 0 Å². The number of halogens is 1. The van der Waals surface area contributed by atoms with Gasteiger partial charge in [0.2, 0.25) is 5.91 Å². The summed E-state index contributed by atoms with van der Waals surface area (Å²) in [4.78, 5) is 11.9. The predicted octanol–water partition coefficient (Wildman–Crippen LogP) is 2.80. The molecular weight excluding hydrogens is 318 g/mol. The SMILES string of the molecule is O=C(Cc1ccc(Br)cc1)NCc1ccccc1CO. The molecule has 0 radical (unpaired) electrons. The smallest absolute Gasteiger partial charge is 0.224 e. The number of rotatable bonds is 5. The zero-order valence-electron chi connectivity index (χ0n) is 11.0. The molecule has 2 aromatic rings. The Morgan fingerprint density at radius 3 is 2.35 bits per heavy atom. The van der Waals surface area contributed by atoms with Gasteiger partial charge in [-0.1, -0.05) is 52.3 Å². The summed E-state index contributed by atoms with van der Waals surface area (Å²) in [6.45, 7) is 0.421. The number of benzene rings is 2. The number of aliphatic hydroxyl groups excluding tert-OH is 1. The van der Waals surface area contributed by atoms with E-state index in [9.17, 15) is 9.90 Å². The quantitative estimate of drug-likeness (QED) is 0.883. The molecule has 2 rings (SSSR count). The van der Waals surface area contributed by atoms with E-state index < -0.39 is 0 Å². The van der Waals surface area contributed by atoms with Gasteiger partial charge in [-0.05, 0) is 28.8 Å². The lowest BCUT2D eigenvalue weighted by atomic mass is 10.1. The molecule has 4 heteroatoms. The summed E-state index contributed by atoms with van der Waals surface area (Å²) in [5.74, 6) is -0.0277. The zero-order valence-corrected chi connectivity index (χ0v) is 12.6. The van der Waals surface area contributed by atoms with E-state index in [1.165, 1.54) is 0 Å². The molecule has 1 amide bonds. The molecule has 3 nitrogen and oxygen atoms in total. The molecule has 0 atom stereocenters. The molecule has 0 unspecified atom stereocenters. The van der Waals surface area contributed by atoms with Gasteiger partial charge in [-0.3, -0.25) is 4.79 Å². The van der Waals surface area contributed by atoms with E-state index in [2.05, 4.69) is 21.2 Å². The summed E-state index contributed by atoms with van der Waals surface area (Å²) in [6.07, 6.45) is 0.356. The van der Waals surface area contributed by atoms with Gasteiger partial charge in [0, 0.05) is 11.0 Å². The number of carbonyl (C=O) groups is 1. The summed E-state index contributed by atoms with van der Waals surface area (Å²) in [5.41, 5.74) is 2.76. The van der Waals surface area contributed by atoms with Crippen molar-refractivity contribution in [2.45, 2.75) is 19.6 Å². The largest absolute Gasteiger partial charge is 0.392 e. The Morgan fingerprint density at radius 2 is 1.70 bits per heavy atom. The molecule has 0 aliphatic carbocycles. The Morgan fingerprint density at radius 1 is 1.05 bits per heavy atom. The van der Waals surface area contributed by atoms with Crippen LogP contribution in [0.3, 0.4) is 0 Å². The van der Waals surface area contributed by atoms with Gasteiger partial charge in [0.15, 0.2) is 0 Å². The van der Waals surface area contributed by atoms with Crippen molar-refractivity contribution in [3.05, 3.63) is 69.7 Å². The highest BCUT2D eigenvalue weighted by atomic mass is 79.9. The highest BCUT2D eigenvalue weighted by Crippen LogP contribution is 2.11. The standard InChI is InChI=1S/C16H16BrNO2/c17-15-7-5-12(6-8-15)9-16(20)18-10-13-3-1-2-4-14(13)11-19/h1-8,19H,9-11H2,(H,18,20). The lowest BCUT2D eigenvalue weighted by Gasteiger charge is -2.09. The van der Waals surface area contributed by atoms with Crippen LogP contribution in [-0.4, -0.2) is 11.0 Å². The normalized spacial score (nSPS) is 10.3. The number of nitrogens with one attached hydrogen (secondary N) is 1. The minimum atomic E-state index is -0.0277. The molecule has 0 aliphatic heterocycles. The van der Waals surface area contributed by atoms with Crippen molar-refractivity contribution < 1.29 is 9.90 Å². The molecule has 2 aromatic carbocycles. The lowest BCUT2D eigenvalue weighted by Crippen LogP contribution is -2.25. The molecule has 104 valence electrons. The fourth-order valence-corrected chi connectivity index (χ4v) is 2.19. The van der Waals surface area contributed by atoms with Crippen LogP contribution >= 0.6 is 15.9 Å². The molecule has 0 fully saturated rings. The molecule has 0 heterocycles. The van der Waals surface area contributed by atoms with E-state index in [0.717, 1.165) is 21.2 Å². The molecule has 0 bridgehead atoms. The molecule has 0 aromatic heterocycles. The van der Waals surface area contributed by atoms with Crippen LogP contribution in [0.2, 0.25) is 0 Å². The van der Waals surface area contributed by atoms with E-state index >= 15 is 0 Å². The van der Waals surface area contributed by atoms with Gasteiger partial charge in [-0.2, -0.15) is 0 Å². The molecule has 2 N–H and O–H groups in total. The molecule has 0 saturated carbocycles. The third kappa shape index (κ3) is 4.18. The second-order valence-corrected chi connectivity index (χ2v) is 5.42. The third-order valence-electron chi connectivity index (χ3n) is 3.04. The van der Waals surface area contributed by atoms with Crippen molar-refractivity contribution in [3.63, 3.8) is 0 Å². The topological polar surface area (TPSA) is 49.3 Å². The average molecular weight is 334 g/mol. The van der Waals surface area contributed by atoms with Crippen LogP contribution in [0.25, 0.3) is 0 Å². The molecule has 20 heavy (non-hydrogen) atoms. The number of hydrogen-bond donors (Lipinski definition) is 2. The van der Waals surface area contributed by atoms with Crippen LogP contribution in [0.15, 0.2) is 53.0 Å². The first-order valence-corrected chi connectivity index (χ1v) is 7.17. The van der Waals surface area contributed by atoms with Crippen LogP contribution in [0.1, 0.15) is 16.7 Å². The van der Waals surface area contributed by atoms with Crippen molar-refractivity contribution in [2.75, 3.05) is 0 Å². The number of carbonyl (C=O) groups excluding carboxylic acids is 1. The van der Waals surface area contributed by atoms with Crippen LogP contribution in [-0.2, 0) is 24.4 Å². The van der Waals surface area contributed by atoms with Crippen LogP contribution in [0.4, 0.5) is 0 Å². The van der Waals surface area contributed by atoms with E-state index in [1.54, 1.807) is 0 Å². The number of hydrogen-bond acceptors (Lipinski definition) is 2. The maximum Gasteiger partial charge on any atom is 0.224 e. The Balaban J connectivity index is 1.90. The van der Waals surface area contributed by atoms with E-state index in [4.69, 9.17) is 0 Å². The van der Waals surface area contributed by atoms with Crippen molar-refractivity contribution in [2.24, 2.45) is 0 Å². The van der Waals surface area contributed by atoms with Gasteiger partial charge in [0.05, 0.1) is 13.0 Å². The fraction of sp³-hybridized carbons (Fsp3) is 0.188. The Kier molecular flexibility index (Phi) is 5.32. The van der Waals surface area contributed by atoms with Crippen molar-refractivity contribution in [3.8, 4) is 0 Å². The lowest BCUT2D eigenvalue weighted by molar-refractivity contribution is -0.120. The van der Waals surface area contributed by atoms with Gasteiger partial charge < -0.3 is 10.4 Å². The van der Waals surface area contributed by atoms with E-state index in [-0.39, 0.29) is 12.5 Å². The third-order valence-corrected chi connectivity index (χ3v) is 3.57. The van der Waals surface area contributed by atoms with Gasteiger partial charge in [0.25, 0.3) is 0 Å². The predicted molar refractivity (Wildman–Crippen MR) is 82.1 cm³/mol. The Hall–Kier alpha value is -1.65. The van der Waals surface area contributed by atoms with E-state index in [0.29, 0.717) is 13.0 Å². The Bertz CT molecular complexity index is 581. The first-order valence-electron chi connectivity index (χ1n) is 6.38. The summed E-state index contributed by atoms with van der Waals surface area (Å²) in [7, 11) is 0. The maximum absolute atomic E-state index is 11.9. The van der Waals surface area contributed by atoms with Crippen LogP contribution in [0, 0.1) is 0 Å². The zero-order chi connectivity index (χ0) is 14.4. The summed E-state index contributed by atoms with van der Waals surface area (Å²) in [6, 6.07) is 15.2. The summed E-state index contributed by atoms with van der Waals surface area (Å²) in [5, 5.41) is 12.1. The van der Waals surface area contributed by atoms with Gasteiger partial charge in [-0.25, -0.2) is 0 Å². The minimum Gasteiger partial charge on any atom is -0.392 e. The van der Waals surface area contributed by atoms with E-state index in [1.807, 2.05) is 48.5 Å².